The smallest absolute Gasteiger partial charge is 0.216 e. The van der Waals surface area contributed by atoms with Crippen LogP contribution in [0.25, 0.3) is 0 Å². The van der Waals surface area contributed by atoms with Gasteiger partial charge in [0.05, 0.1) is 12.4 Å². The number of nitrogens with one attached hydrogen (secondary N) is 1. The summed E-state index contributed by atoms with van der Waals surface area (Å²) >= 11 is 0. The van der Waals surface area contributed by atoms with Crippen LogP contribution in [-0.2, 0) is 14.8 Å². The summed E-state index contributed by atoms with van der Waals surface area (Å²) in [6.45, 7) is 6.05. The third-order valence-electron chi connectivity index (χ3n) is 3.69. The zero-order valence-corrected chi connectivity index (χ0v) is 13.2. The van der Waals surface area contributed by atoms with Crippen molar-refractivity contribution in [2.75, 3.05) is 32.6 Å². The van der Waals surface area contributed by atoms with Crippen molar-refractivity contribution in [3.8, 4) is 0 Å². The van der Waals surface area contributed by atoms with E-state index < -0.39 is 10.0 Å². The van der Waals surface area contributed by atoms with Gasteiger partial charge in [-0.1, -0.05) is 13.3 Å². The SMILES string of the molecule is CCCNC(C)C1CCCCN1S(=O)(=O)CCOC. The summed E-state index contributed by atoms with van der Waals surface area (Å²) in [6.07, 6.45) is 4.08. The predicted molar refractivity (Wildman–Crippen MR) is 77.8 cm³/mol. The molecular formula is C13H28N2O3S. The van der Waals surface area contributed by atoms with Gasteiger partial charge in [0, 0.05) is 25.7 Å². The number of piperidine rings is 1. The molecular weight excluding hydrogens is 264 g/mol. The molecule has 6 heteroatoms. The number of methoxy groups -OCH3 is 1. The molecule has 0 bridgehead atoms. The lowest BCUT2D eigenvalue weighted by atomic mass is 9.99. The molecule has 19 heavy (non-hydrogen) atoms. The first kappa shape index (κ1) is 16.9. The lowest BCUT2D eigenvalue weighted by molar-refractivity contribution is 0.197. The maximum absolute atomic E-state index is 12.4. The molecule has 1 rings (SSSR count). The molecule has 2 unspecified atom stereocenters. The zero-order chi connectivity index (χ0) is 14.3. The number of ether oxygens (including phenoxy) is 1. The van der Waals surface area contributed by atoms with Crippen molar-refractivity contribution >= 4 is 10.0 Å². The van der Waals surface area contributed by atoms with Crippen molar-refractivity contribution in [2.45, 2.75) is 51.6 Å². The molecule has 1 aliphatic heterocycles. The predicted octanol–water partition coefficient (Wildman–Crippen LogP) is 1.21. The van der Waals surface area contributed by atoms with E-state index in [1.54, 1.807) is 4.31 Å². The fourth-order valence-corrected chi connectivity index (χ4v) is 4.31. The summed E-state index contributed by atoms with van der Waals surface area (Å²) in [5, 5.41) is 3.42. The van der Waals surface area contributed by atoms with E-state index in [1.165, 1.54) is 7.11 Å². The maximum atomic E-state index is 12.4. The molecule has 0 aromatic heterocycles. The quantitative estimate of drug-likeness (QED) is 0.730. The number of rotatable bonds is 8. The Bertz CT molecular complexity index is 346. The third-order valence-corrected chi connectivity index (χ3v) is 5.55. The average Bonchev–Trinajstić information content (AvgIpc) is 2.42. The van der Waals surface area contributed by atoms with Crippen molar-refractivity contribution in [1.82, 2.24) is 9.62 Å². The van der Waals surface area contributed by atoms with Crippen molar-refractivity contribution < 1.29 is 13.2 Å². The van der Waals surface area contributed by atoms with Gasteiger partial charge in [0.2, 0.25) is 10.0 Å². The second-order valence-corrected chi connectivity index (χ2v) is 7.27. The van der Waals surface area contributed by atoms with Crippen LogP contribution < -0.4 is 5.32 Å². The summed E-state index contributed by atoms with van der Waals surface area (Å²) in [7, 11) is -1.66. The molecule has 0 amide bonds. The van der Waals surface area contributed by atoms with Gasteiger partial charge in [-0.3, -0.25) is 0 Å². The van der Waals surface area contributed by atoms with Crippen LogP contribution in [-0.4, -0.2) is 57.4 Å². The van der Waals surface area contributed by atoms with E-state index in [9.17, 15) is 8.42 Å². The summed E-state index contributed by atoms with van der Waals surface area (Å²) in [4.78, 5) is 0. The molecule has 0 aromatic carbocycles. The molecule has 1 aliphatic rings. The Kier molecular flexibility index (Phi) is 7.28. The van der Waals surface area contributed by atoms with Crippen LogP contribution in [0.3, 0.4) is 0 Å². The second kappa shape index (κ2) is 8.19. The molecule has 0 aromatic rings. The summed E-state index contributed by atoms with van der Waals surface area (Å²) in [5.74, 6) is 0.0838. The summed E-state index contributed by atoms with van der Waals surface area (Å²) in [6, 6.07) is 0.291. The van der Waals surface area contributed by atoms with Crippen molar-refractivity contribution in [1.29, 1.82) is 0 Å². The normalized spacial score (nSPS) is 23.4. The first-order valence-electron chi connectivity index (χ1n) is 7.24. The lowest BCUT2D eigenvalue weighted by Crippen LogP contribution is -2.54. The number of hydrogen-bond donors (Lipinski definition) is 1. The highest BCUT2D eigenvalue weighted by atomic mass is 32.2. The van der Waals surface area contributed by atoms with Crippen LogP contribution in [0.4, 0.5) is 0 Å². The van der Waals surface area contributed by atoms with Crippen LogP contribution in [0.2, 0.25) is 0 Å². The van der Waals surface area contributed by atoms with E-state index in [4.69, 9.17) is 4.74 Å². The first-order valence-corrected chi connectivity index (χ1v) is 8.85. The fourth-order valence-electron chi connectivity index (χ4n) is 2.59. The van der Waals surface area contributed by atoms with Gasteiger partial charge in [-0.25, -0.2) is 8.42 Å². The van der Waals surface area contributed by atoms with Crippen LogP contribution in [0.5, 0.6) is 0 Å². The Morgan fingerprint density at radius 2 is 2.16 bits per heavy atom. The molecule has 0 saturated carbocycles. The Morgan fingerprint density at radius 1 is 1.42 bits per heavy atom. The minimum Gasteiger partial charge on any atom is -0.384 e. The number of hydrogen-bond acceptors (Lipinski definition) is 4. The molecule has 2 atom stereocenters. The van der Waals surface area contributed by atoms with Gasteiger partial charge in [-0.05, 0) is 32.7 Å². The van der Waals surface area contributed by atoms with E-state index in [1.807, 2.05) is 0 Å². The molecule has 1 N–H and O–H groups in total. The average molecular weight is 292 g/mol. The van der Waals surface area contributed by atoms with Crippen molar-refractivity contribution in [3.05, 3.63) is 0 Å². The van der Waals surface area contributed by atoms with Gasteiger partial charge < -0.3 is 10.1 Å². The van der Waals surface area contributed by atoms with Crippen LogP contribution in [0.15, 0.2) is 0 Å². The first-order chi connectivity index (χ1) is 9.03. The van der Waals surface area contributed by atoms with E-state index in [2.05, 4.69) is 19.2 Å². The molecule has 1 fully saturated rings. The van der Waals surface area contributed by atoms with Crippen LogP contribution >= 0.6 is 0 Å². The number of nitrogens with zero attached hydrogens (tertiary/aromatic N) is 1. The van der Waals surface area contributed by atoms with E-state index >= 15 is 0 Å². The Morgan fingerprint density at radius 3 is 2.79 bits per heavy atom. The Hall–Kier alpha value is -0.170. The molecule has 0 radical (unpaired) electrons. The third kappa shape index (κ3) is 5.02. The van der Waals surface area contributed by atoms with Crippen molar-refractivity contribution in [3.63, 3.8) is 0 Å². The van der Waals surface area contributed by atoms with E-state index in [0.29, 0.717) is 6.54 Å². The topological polar surface area (TPSA) is 58.6 Å². The van der Waals surface area contributed by atoms with Gasteiger partial charge in [-0.15, -0.1) is 0 Å². The highest BCUT2D eigenvalue weighted by Gasteiger charge is 2.34. The minimum atomic E-state index is -3.20. The van der Waals surface area contributed by atoms with Gasteiger partial charge >= 0.3 is 0 Å². The fraction of sp³-hybridized carbons (Fsp3) is 1.00. The highest BCUT2D eigenvalue weighted by molar-refractivity contribution is 7.89. The van der Waals surface area contributed by atoms with Crippen LogP contribution in [0.1, 0.15) is 39.5 Å². The lowest BCUT2D eigenvalue weighted by Gasteiger charge is -2.38. The number of sulfonamides is 1. The van der Waals surface area contributed by atoms with Crippen LogP contribution in [0, 0.1) is 0 Å². The molecule has 1 saturated heterocycles. The minimum absolute atomic E-state index is 0.0838. The van der Waals surface area contributed by atoms with Gasteiger partial charge in [0.1, 0.15) is 0 Å². The van der Waals surface area contributed by atoms with Crippen molar-refractivity contribution in [2.24, 2.45) is 0 Å². The summed E-state index contributed by atoms with van der Waals surface area (Å²) in [5.41, 5.74) is 0. The van der Waals surface area contributed by atoms with Gasteiger partial charge in [0.25, 0.3) is 0 Å². The Labute approximate surface area is 117 Å². The molecule has 114 valence electrons. The monoisotopic (exact) mass is 292 g/mol. The highest BCUT2D eigenvalue weighted by Crippen LogP contribution is 2.23. The van der Waals surface area contributed by atoms with Gasteiger partial charge in [-0.2, -0.15) is 4.31 Å². The maximum Gasteiger partial charge on any atom is 0.216 e. The van der Waals surface area contributed by atoms with E-state index in [0.717, 1.165) is 32.2 Å². The summed E-state index contributed by atoms with van der Waals surface area (Å²) < 4.78 is 31.3. The molecule has 0 spiro atoms. The van der Waals surface area contributed by atoms with E-state index in [-0.39, 0.29) is 24.4 Å². The van der Waals surface area contributed by atoms with Gasteiger partial charge in [0.15, 0.2) is 0 Å². The zero-order valence-electron chi connectivity index (χ0n) is 12.4. The standard InChI is InChI=1S/C13H28N2O3S/c1-4-8-14-12(2)13-7-5-6-9-15(13)19(16,17)11-10-18-3/h12-14H,4-11H2,1-3H3. The molecule has 5 nitrogen and oxygen atoms in total. The second-order valence-electron chi connectivity index (χ2n) is 5.23. The Balaban J connectivity index is 2.71. The molecule has 0 aliphatic carbocycles. The largest absolute Gasteiger partial charge is 0.384 e. The molecule has 1 heterocycles.